The second kappa shape index (κ2) is 6.62. The molecular formula is C9H17N3O3S. The third-order valence-corrected chi connectivity index (χ3v) is 3.50. The van der Waals surface area contributed by atoms with Crippen molar-refractivity contribution in [2.75, 3.05) is 26.0 Å². The summed E-state index contributed by atoms with van der Waals surface area (Å²) in [6.07, 6.45) is 4.38. The molecule has 7 heteroatoms. The van der Waals surface area contributed by atoms with E-state index >= 15 is 0 Å². The van der Waals surface area contributed by atoms with Crippen molar-refractivity contribution >= 4 is 10.0 Å². The quantitative estimate of drug-likeness (QED) is 0.629. The highest BCUT2D eigenvalue weighted by atomic mass is 32.2. The van der Waals surface area contributed by atoms with Gasteiger partial charge in [-0.15, -0.1) is 0 Å². The van der Waals surface area contributed by atoms with Gasteiger partial charge in [0.2, 0.25) is 10.0 Å². The van der Waals surface area contributed by atoms with Crippen LogP contribution in [0.3, 0.4) is 0 Å². The molecule has 0 radical (unpaired) electrons. The van der Waals surface area contributed by atoms with Gasteiger partial charge in [-0.3, -0.25) is 0 Å². The monoisotopic (exact) mass is 247 g/mol. The third-order valence-electron chi connectivity index (χ3n) is 2.03. The summed E-state index contributed by atoms with van der Waals surface area (Å²) in [7, 11) is -1.62. The van der Waals surface area contributed by atoms with Crippen molar-refractivity contribution in [3.05, 3.63) is 18.2 Å². The van der Waals surface area contributed by atoms with Gasteiger partial charge >= 0.3 is 0 Å². The molecule has 1 aromatic rings. The molecule has 92 valence electrons. The largest absolute Gasteiger partial charge is 0.385 e. The Hall–Kier alpha value is -0.920. The number of hydrogen-bond donors (Lipinski definition) is 2. The molecule has 0 saturated heterocycles. The third kappa shape index (κ3) is 5.24. The highest BCUT2D eigenvalue weighted by Crippen LogP contribution is 1.94. The fourth-order valence-electron chi connectivity index (χ4n) is 1.23. The number of aromatic nitrogens is 2. The summed E-state index contributed by atoms with van der Waals surface area (Å²) < 4.78 is 30.2. The zero-order valence-electron chi connectivity index (χ0n) is 9.27. The average molecular weight is 247 g/mol. The van der Waals surface area contributed by atoms with Crippen LogP contribution < -0.4 is 4.72 Å². The van der Waals surface area contributed by atoms with E-state index in [4.69, 9.17) is 4.74 Å². The van der Waals surface area contributed by atoms with Gasteiger partial charge in [0.05, 0.1) is 12.1 Å². The Morgan fingerprint density at radius 3 is 3.00 bits per heavy atom. The van der Waals surface area contributed by atoms with Crippen molar-refractivity contribution in [2.24, 2.45) is 0 Å². The first-order valence-electron chi connectivity index (χ1n) is 5.07. The number of nitrogens with one attached hydrogen (secondary N) is 2. The van der Waals surface area contributed by atoms with Crippen molar-refractivity contribution in [3.63, 3.8) is 0 Å². The minimum Gasteiger partial charge on any atom is -0.385 e. The number of sulfonamides is 1. The predicted molar refractivity (Wildman–Crippen MR) is 60.6 cm³/mol. The van der Waals surface area contributed by atoms with Gasteiger partial charge in [0, 0.05) is 38.6 Å². The zero-order chi connectivity index (χ0) is 11.9. The smallest absolute Gasteiger partial charge is 0.211 e. The molecule has 0 spiro atoms. The minimum atomic E-state index is -3.17. The Labute approximate surface area is 95.5 Å². The van der Waals surface area contributed by atoms with Gasteiger partial charge < -0.3 is 9.72 Å². The van der Waals surface area contributed by atoms with Crippen molar-refractivity contribution in [2.45, 2.75) is 12.8 Å². The Bertz CT molecular complexity index is 375. The molecule has 0 saturated carbocycles. The highest BCUT2D eigenvalue weighted by molar-refractivity contribution is 7.89. The molecule has 0 aromatic carbocycles. The number of aromatic amines is 1. The first kappa shape index (κ1) is 13.1. The molecule has 0 unspecified atom stereocenters. The molecule has 0 aliphatic rings. The molecule has 0 bridgehead atoms. The van der Waals surface area contributed by atoms with E-state index in [9.17, 15) is 8.42 Å². The Morgan fingerprint density at radius 2 is 2.38 bits per heavy atom. The summed E-state index contributed by atoms with van der Waals surface area (Å²) in [4.78, 5) is 6.76. The maximum Gasteiger partial charge on any atom is 0.211 e. The number of ether oxygens (including phenoxy) is 1. The summed E-state index contributed by atoms with van der Waals surface area (Å²) in [5, 5.41) is 0. The maximum absolute atomic E-state index is 11.4. The van der Waals surface area contributed by atoms with Gasteiger partial charge in [-0.2, -0.15) is 0 Å². The number of H-pyrrole nitrogens is 1. The molecular weight excluding hydrogens is 230 g/mol. The lowest BCUT2D eigenvalue weighted by molar-refractivity contribution is 0.199. The molecule has 0 atom stereocenters. The molecule has 0 fully saturated rings. The van der Waals surface area contributed by atoms with Crippen LogP contribution in [0, 0.1) is 0 Å². The van der Waals surface area contributed by atoms with E-state index in [1.54, 1.807) is 19.6 Å². The van der Waals surface area contributed by atoms with Gasteiger partial charge in [-0.1, -0.05) is 0 Å². The lowest BCUT2D eigenvalue weighted by atomic mass is 10.3. The van der Waals surface area contributed by atoms with Crippen LogP contribution in [0.4, 0.5) is 0 Å². The van der Waals surface area contributed by atoms with Crippen LogP contribution in [0.25, 0.3) is 0 Å². The second-order valence-electron chi connectivity index (χ2n) is 3.39. The molecule has 0 aliphatic heterocycles. The van der Waals surface area contributed by atoms with Crippen molar-refractivity contribution in [1.82, 2.24) is 14.7 Å². The van der Waals surface area contributed by atoms with E-state index in [1.165, 1.54) is 0 Å². The van der Waals surface area contributed by atoms with Crippen LogP contribution in [-0.4, -0.2) is 44.4 Å². The van der Waals surface area contributed by atoms with Crippen molar-refractivity contribution < 1.29 is 13.2 Å². The summed E-state index contributed by atoms with van der Waals surface area (Å²) in [5.41, 5.74) is 0.916. The first-order chi connectivity index (χ1) is 7.64. The van der Waals surface area contributed by atoms with Crippen LogP contribution in [0.1, 0.15) is 12.1 Å². The normalized spacial score (nSPS) is 11.8. The van der Waals surface area contributed by atoms with Crippen LogP contribution >= 0.6 is 0 Å². The van der Waals surface area contributed by atoms with Gasteiger partial charge in [-0.05, 0) is 6.42 Å². The van der Waals surface area contributed by atoms with Crippen LogP contribution in [0.15, 0.2) is 12.5 Å². The van der Waals surface area contributed by atoms with Crippen molar-refractivity contribution in [3.8, 4) is 0 Å². The number of imidazole rings is 1. The van der Waals surface area contributed by atoms with Gasteiger partial charge in [0.25, 0.3) is 0 Å². The molecule has 1 aromatic heterocycles. The Morgan fingerprint density at radius 1 is 1.56 bits per heavy atom. The zero-order valence-corrected chi connectivity index (χ0v) is 10.1. The van der Waals surface area contributed by atoms with Crippen LogP contribution in [0.5, 0.6) is 0 Å². The van der Waals surface area contributed by atoms with Gasteiger partial charge in [-0.25, -0.2) is 18.1 Å². The fourth-order valence-corrected chi connectivity index (χ4v) is 2.28. The SMILES string of the molecule is COCCCS(=O)(=O)NCCc1cnc[nH]1. The molecule has 16 heavy (non-hydrogen) atoms. The molecule has 6 nitrogen and oxygen atoms in total. The summed E-state index contributed by atoms with van der Waals surface area (Å²) in [6, 6.07) is 0. The molecule has 0 amide bonds. The fraction of sp³-hybridized carbons (Fsp3) is 0.667. The Balaban J connectivity index is 2.20. The number of rotatable bonds is 8. The van der Waals surface area contributed by atoms with E-state index in [2.05, 4.69) is 14.7 Å². The minimum absolute atomic E-state index is 0.101. The van der Waals surface area contributed by atoms with Crippen LogP contribution in [0.2, 0.25) is 0 Å². The molecule has 2 N–H and O–H groups in total. The maximum atomic E-state index is 11.4. The summed E-state index contributed by atoms with van der Waals surface area (Å²) >= 11 is 0. The van der Waals surface area contributed by atoms with Gasteiger partial charge in [0.15, 0.2) is 0 Å². The van der Waals surface area contributed by atoms with E-state index in [0.29, 0.717) is 26.0 Å². The number of nitrogens with zero attached hydrogens (tertiary/aromatic N) is 1. The van der Waals surface area contributed by atoms with E-state index < -0.39 is 10.0 Å². The number of methoxy groups -OCH3 is 1. The molecule has 0 aliphatic carbocycles. The summed E-state index contributed by atoms with van der Waals surface area (Å²) in [6.45, 7) is 0.846. The van der Waals surface area contributed by atoms with Gasteiger partial charge in [0.1, 0.15) is 0 Å². The second-order valence-corrected chi connectivity index (χ2v) is 5.31. The number of hydrogen-bond acceptors (Lipinski definition) is 4. The molecule has 1 heterocycles. The Kier molecular flexibility index (Phi) is 5.44. The van der Waals surface area contributed by atoms with E-state index in [-0.39, 0.29) is 5.75 Å². The lowest BCUT2D eigenvalue weighted by Gasteiger charge is -2.05. The lowest BCUT2D eigenvalue weighted by Crippen LogP contribution is -2.28. The first-order valence-corrected chi connectivity index (χ1v) is 6.73. The van der Waals surface area contributed by atoms with E-state index in [0.717, 1.165) is 5.69 Å². The highest BCUT2D eigenvalue weighted by Gasteiger charge is 2.08. The molecule has 1 rings (SSSR count). The predicted octanol–water partition coefficient (Wildman–Crippen LogP) is -0.0919. The summed E-state index contributed by atoms with van der Waals surface area (Å²) in [5.74, 6) is 0.101. The average Bonchev–Trinajstić information content (AvgIpc) is 2.70. The van der Waals surface area contributed by atoms with Crippen molar-refractivity contribution in [1.29, 1.82) is 0 Å². The van der Waals surface area contributed by atoms with Crippen LogP contribution in [-0.2, 0) is 21.2 Å². The standard InChI is InChI=1S/C9H17N3O3S/c1-15-5-2-6-16(13,14)12-4-3-9-7-10-8-11-9/h7-8,12H,2-6H2,1H3,(H,10,11). The topological polar surface area (TPSA) is 84.1 Å². The van der Waals surface area contributed by atoms with E-state index in [1.807, 2.05) is 0 Å².